The topological polar surface area (TPSA) is 109 Å². The van der Waals surface area contributed by atoms with Crippen molar-refractivity contribution in [3.63, 3.8) is 0 Å². The lowest BCUT2D eigenvalue weighted by molar-refractivity contribution is 0.0436. The van der Waals surface area contributed by atoms with Gasteiger partial charge in [0.1, 0.15) is 0 Å². The Morgan fingerprint density at radius 2 is 1.86 bits per heavy atom. The second kappa shape index (κ2) is 6.55. The molecule has 21 heavy (non-hydrogen) atoms. The van der Waals surface area contributed by atoms with Gasteiger partial charge >= 0.3 is 0 Å². The number of benzene rings is 1. The third-order valence-corrected chi connectivity index (χ3v) is 4.36. The molecule has 0 heterocycles. The van der Waals surface area contributed by atoms with E-state index in [-0.39, 0.29) is 22.9 Å². The zero-order valence-electron chi connectivity index (χ0n) is 12.5. The van der Waals surface area contributed by atoms with Crippen molar-refractivity contribution in [3.8, 4) is 0 Å². The van der Waals surface area contributed by atoms with Crippen molar-refractivity contribution in [2.45, 2.75) is 37.7 Å². The number of hydrogen-bond acceptors (Lipinski definition) is 4. The molecule has 4 N–H and O–H groups in total. The molecule has 1 atom stereocenters. The van der Waals surface area contributed by atoms with E-state index in [1.807, 2.05) is 13.8 Å². The number of nitrogens with two attached hydrogens (primary N) is 1. The highest BCUT2D eigenvalue weighted by molar-refractivity contribution is 7.89. The number of sulfonamides is 1. The minimum Gasteiger partial charge on any atom is -0.389 e. The molecule has 0 aliphatic heterocycles. The van der Waals surface area contributed by atoms with Gasteiger partial charge in [0, 0.05) is 12.1 Å². The Balaban J connectivity index is 2.80. The minimum atomic E-state index is -3.73. The predicted octanol–water partition coefficient (Wildman–Crippen LogP) is 0.861. The third kappa shape index (κ3) is 5.45. The Morgan fingerprint density at radius 1 is 1.33 bits per heavy atom. The Bertz CT molecular complexity index is 592. The molecule has 0 fully saturated rings. The minimum absolute atomic E-state index is 0.0212. The van der Waals surface area contributed by atoms with Crippen molar-refractivity contribution >= 4 is 15.9 Å². The molecule has 1 aromatic carbocycles. The highest BCUT2D eigenvalue weighted by Gasteiger charge is 2.25. The van der Waals surface area contributed by atoms with Crippen LogP contribution in [0.15, 0.2) is 29.2 Å². The first-order valence-electron chi connectivity index (χ1n) is 6.65. The molecule has 0 aromatic heterocycles. The first kappa shape index (κ1) is 17.6. The van der Waals surface area contributed by atoms with E-state index >= 15 is 0 Å². The number of aliphatic hydroxyl groups is 1. The number of amides is 1. The number of rotatable bonds is 7. The summed E-state index contributed by atoms with van der Waals surface area (Å²) < 4.78 is 26.6. The average Bonchev–Trinajstić information content (AvgIpc) is 2.35. The van der Waals surface area contributed by atoms with Crippen LogP contribution < -0.4 is 10.5 Å². The fourth-order valence-corrected chi connectivity index (χ4v) is 3.25. The van der Waals surface area contributed by atoms with Crippen LogP contribution in [-0.4, -0.2) is 31.6 Å². The fourth-order valence-electron chi connectivity index (χ4n) is 2.08. The number of hydrogen-bond donors (Lipinski definition) is 3. The molecule has 0 radical (unpaired) electrons. The van der Waals surface area contributed by atoms with Gasteiger partial charge in [0.25, 0.3) is 0 Å². The van der Waals surface area contributed by atoms with Gasteiger partial charge in [-0.2, -0.15) is 0 Å². The highest BCUT2D eigenvalue weighted by atomic mass is 32.2. The molecular weight excluding hydrogens is 292 g/mol. The van der Waals surface area contributed by atoms with Crippen LogP contribution in [0.1, 0.15) is 37.6 Å². The van der Waals surface area contributed by atoms with Crippen LogP contribution >= 0.6 is 0 Å². The summed E-state index contributed by atoms with van der Waals surface area (Å²) in [5.41, 5.74) is 4.22. The lowest BCUT2D eigenvalue weighted by Crippen LogP contribution is -2.41. The SMILES string of the molecule is CC(C)CC(C)(O)CNS(=O)(=O)c1ccc(C(N)=O)cc1. The smallest absolute Gasteiger partial charge is 0.248 e. The molecule has 0 spiro atoms. The van der Waals surface area contributed by atoms with Crippen molar-refractivity contribution in [2.24, 2.45) is 11.7 Å². The van der Waals surface area contributed by atoms with Crippen LogP contribution in [0, 0.1) is 5.92 Å². The quantitative estimate of drug-likeness (QED) is 0.693. The summed E-state index contributed by atoms with van der Waals surface area (Å²) >= 11 is 0. The Kier molecular flexibility index (Phi) is 5.49. The lowest BCUT2D eigenvalue weighted by atomic mass is 9.95. The van der Waals surface area contributed by atoms with Crippen molar-refractivity contribution < 1.29 is 18.3 Å². The van der Waals surface area contributed by atoms with Crippen molar-refractivity contribution in [1.29, 1.82) is 0 Å². The molecule has 6 nitrogen and oxygen atoms in total. The predicted molar refractivity (Wildman–Crippen MR) is 80.2 cm³/mol. The van der Waals surface area contributed by atoms with Crippen molar-refractivity contribution in [2.75, 3.05) is 6.54 Å². The molecule has 1 aromatic rings. The van der Waals surface area contributed by atoms with E-state index in [9.17, 15) is 18.3 Å². The number of nitrogens with one attached hydrogen (secondary N) is 1. The fraction of sp³-hybridized carbons (Fsp3) is 0.500. The average molecular weight is 314 g/mol. The molecule has 0 aliphatic rings. The van der Waals surface area contributed by atoms with Gasteiger partial charge in [-0.3, -0.25) is 4.79 Å². The van der Waals surface area contributed by atoms with Gasteiger partial charge in [0.05, 0.1) is 10.5 Å². The van der Waals surface area contributed by atoms with Crippen LogP contribution in [-0.2, 0) is 10.0 Å². The summed E-state index contributed by atoms with van der Waals surface area (Å²) in [5.74, 6) is -0.369. The molecule has 0 bridgehead atoms. The molecule has 118 valence electrons. The van der Waals surface area contributed by atoms with Crippen LogP contribution in [0.25, 0.3) is 0 Å². The van der Waals surface area contributed by atoms with Gasteiger partial charge in [-0.05, 0) is 43.5 Å². The van der Waals surface area contributed by atoms with Crippen LogP contribution in [0.3, 0.4) is 0 Å². The van der Waals surface area contributed by atoms with E-state index in [0.29, 0.717) is 6.42 Å². The highest BCUT2D eigenvalue weighted by Crippen LogP contribution is 2.17. The van der Waals surface area contributed by atoms with E-state index in [0.717, 1.165) is 0 Å². The Labute approximate surface area is 125 Å². The Morgan fingerprint density at radius 3 is 2.29 bits per heavy atom. The summed E-state index contributed by atoms with van der Waals surface area (Å²) in [7, 11) is -3.73. The van der Waals surface area contributed by atoms with Gasteiger partial charge in [0.15, 0.2) is 0 Å². The molecule has 1 unspecified atom stereocenters. The van der Waals surface area contributed by atoms with Gasteiger partial charge in [0.2, 0.25) is 15.9 Å². The molecule has 1 amide bonds. The maximum atomic E-state index is 12.1. The van der Waals surface area contributed by atoms with E-state index in [1.165, 1.54) is 24.3 Å². The number of primary amides is 1. The van der Waals surface area contributed by atoms with E-state index in [1.54, 1.807) is 6.92 Å². The van der Waals surface area contributed by atoms with Gasteiger partial charge in [-0.15, -0.1) is 0 Å². The normalized spacial score (nSPS) is 14.9. The van der Waals surface area contributed by atoms with Crippen molar-refractivity contribution in [3.05, 3.63) is 29.8 Å². The van der Waals surface area contributed by atoms with Crippen molar-refractivity contribution in [1.82, 2.24) is 4.72 Å². The third-order valence-electron chi connectivity index (χ3n) is 2.94. The van der Waals surface area contributed by atoms with E-state index in [2.05, 4.69) is 4.72 Å². The van der Waals surface area contributed by atoms with Gasteiger partial charge in [-0.1, -0.05) is 13.8 Å². The second-order valence-electron chi connectivity index (χ2n) is 5.81. The maximum absolute atomic E-state index is 12.1. The standard InChI is InChI=1S/C14H22N2O4S/c1-10(2)8-14(3,18)9-16-21(19,20)12-6-4-11(5-7-12)13(15)17/h4-7,10,16,18H,8-9H2,1-3H3,(H2,15,17). The second-order valence-corrected chi connectivity index (χ2v) is 7.58. The summed E-state index contributed by atoms with van der Waals surface area (Å²) in [6.07, 6.45) is 0.482. The first-order valence-corrected chi connectivity index (χ1v) is 8.14. The van der Waals surface area contributed by atoms with Crippen LogP contribution in [0.5, 0.6) is 0 Å². The van der Waals surface area contributed by atoms with E-state index in [4.69, 9.17) is 5.73 Å². The molecular formula is C14H22N2O4S. The lowest BCUT2D eigenvalue weighted by Gasteiger charge is -2.25. The zero-order valence-corrected chi connectivity index (χ0v) is 13.3. The Hall–Kier alpha value is -1.44. The monoisotopic (exact) mass is 314 g/mol. The maximum Gasteiger partial charge on any atom is 0.248 e. The number of carbonyl (C=O) groups excluding carboxylic acids is 1. The van der Waals surface area contributed by atoms with Gasteiger partial charge < -0.3 is 10.8 Å². The van der Waals surface area contributed by atoms with Gasteiger partial charge in [-0.25, -0.2) is 13.1 Å². The summed E-state index contributed by atoms with van der Waals surface area (Å²) in [6, 6.07) is 5.31. The first-order chi connectivity index (χ1) is 9.53. The zero-order chi connectivity index (χ0) is 16.3. The molecule has 7 heteroatoms. The summed E-state index contributed by atoms with van der Waals surface area (Å²) in [4.78, 5) is 11.0. The van der Waals surface area contributed by atoms with Crippen LogP contribution in [0.2, 0.25) is 0 Å². The summed E-state index contributed by atoms with van der Waals surface area (Å²) in [5, 5.41) is 10.1. The molecule has 1 rings (SSSR count). The van der Waals surface area contributed by atoms with E-state index < -0.39 is 21.5 Å². The molecule has 0 saturated carbocycles. The molecule has 0 saturated heterocycles. The largest absolute Gasteiger partial charge is 0.389 e. The summed E-state index contributed by atoms with van der Waals surface area (Å²) in [6.45, 7) is 5.41. The van der Waals surface area contributed by atoms with Crippen LogP contribution in [0.4, 0.5) is 0 Å². The molecule has 0 aliphatic carbocycles. The number of carbonyl (C=O) groups is 1.